The van der Waals surface area contributed by atoms with Crippen LogP contribution in [0.4, 0.5) is 0 Å². The van der Waals surface area contributed by atoms with E-state index in [9.17, 15) is 0 Å². The van der Waals surface area contributed by atoms with E-state index in [1.165, 1.54) is 133 Å². The molecule has 2 nitrogen and oxygen atoms in total. The van der Waals surface area contributed by atoms with E-state index in [2.05, 4.69) is 27.7 Å². The average Bonchev–Trinajstić information content (AvgIpc) is 2.92. The predicted octanol–water partition coefficient (Wildman–Crippen LogP) is 10.6. The first-order valence-electron chi connectivity index (χ1n) is 16.1. The van der Waals surface area contributed by atoms with Gasteiger partial charge in [0.05, 0.1) is 0 Å². The van der Waals surface area contributed by atoms with Gasteiger partial charge in [-0.3, -0.25) is 0 Å². The van der Waals surface area contributed by atoms with Crippen molar-refractivity contribution in [1.29, 1.82) is 0 Å². The molecule has 0 spiro atoms. The molecule has 38 heavy (non-hydrogen) atoms. The molecule has 0 N–H and O–H groups in total. The van der Waals surface area contributed by atoms with Crippen molar-refractivity contribution in [2.45, 2.75) is 156 Å². The van der Waals surface area contributed by atoms with Crippen LogP contribution in [0.15, 0.2) is 0 Å². The average molecular weight is 945 g/mol. The molecule has 0 atom stereocenters. The molecule has 0 aliphatic rings. The van der Waals surface area contributed by atoms with E-state index in [1.807, 2.05) is 0 Å². The summed E-state index contributed by atoms with van der Waals surface area (Å²) in [4.78, 5) is 0. The van der Waals surface area contributed by atoms with E-state index in [4.69, 9.17) is 26.0 Å². The van der Waals surface area contributed by atoms with Gasteiger partial charge in [-0.15, -0.1) is 0 Å². The van der Waals surface area contributed by atoms with E-state index in [0.717, 1.165) is 37.6 Å². The number of halogens is 2. The molecule has 0 aromatic heterocycles. The molecule has 0 unspecified atom stereocenters. The molecular weight excluding hydrogens is 888 g/mol. The molecule has 0 heterocycles. The minimum atomic E-state index is -1.62. The third-order valence-corrected chi connectivity index (χ3v) is 29.7. The van der Waals surface area contributed by atoms with E-state index in [-0.39, 0.29) is 0 Å². The van der Waals surface area contributed by atoms with Crippen LogP contribution in [-0.2, 0) is 46.7 Å². The number of benzene rings is 1. The third kappa shape index (κ3) is 16.1. The maximum atomic E-state index is 6.61. The van der Waals surface area contributed by atoms with Gasteiger partial charge in [-0.1, -0.05) is 52.4 Å². The first-order chi connectivity index (χ1) is 18.6. The van der Waals surface area contributed by atoms with Crippen LogP contribution in [0.5, 0.6) is 11.5 Å². The Hall–Kier alpha value is 1.27. The maximum absolute atomic E-state index is 6.61. The molecule has 214 valence electrons. The number of unbranched alkanes of at least 4 members (excludes halogenated alkanes) is 18. The van der Waals surface area contributed by atoms with E-state index in [1.54, 1.807) is 0 Å². The molecule has 0 fully saturated rings. The Kier molecular flexibility index (Phi) is 25.5. The smallest absolute Gasteiger partial charge is 0.0654 e. The first kappa shape index (κ1) is 37.3. The summed E-state index contributed by atoms with van der Waals surface area (Å²) in [6.45, 7) is 10.5. The zero-order valence-electron chi connectivity index (χ0n) is 25.5. The van der Waals surface area contributed by atoms with E-state index < -0.39 is 46.7 Å². The fourth-order valence-electron chi connectivity index (χ4n) is 5.30. The van der Waals surface area contributed by atoms with Crippen molar-refractivity contribution in [2.24, 2.45) is 0 Å². The van der Waals surface area contributed by atoms with Crippen molar-refractivity contribution in [3.63, 3.8) is 0 Å². The van der Waals surface area contributed by atoms with Gasteiger partial charge in [-0.2, -0.15) is 0 Å². The molecule has 0 saturated carbocycles. The number of ether oxygens (including phenoxy) is 2. The van der Waals surface area contributed by atoms with Crippen molar-refractivity contribution in [3.8, 4) is 11.5 Å². The molecule has 1 aromatic rings. The van der Waals surface area contributed by atoms with Crippen molar-refractivity contribution in [3.05, 3.63) is 11.1 Å². The van der Waals surface area contributed by atoms with Crippen LogP contribution in [0.1, 0.15) is 153 Å². The Morgan fingerprint density at radius 1 is 0.447 bits per heavy atom. The standard InChI is InChI=1S/C32H56O2.2ClH.2Hg/c1-5-7-9-11-13-15-17-19-21-23-27-33-31-29(3)25-26-30(4)32(31)34-28-24-22-20-18-16-14-12-10-8-6-2;;;;/h5-24,27-28H2,1-4H3;2*1H;;/q;;;2*+1/p-2. The fraction of sp³-hybridized carbons (Fsp3) is 0.812. The molecular formula is C32H56Cl2Hg2O2. The van der Waals surface area contributed by atoms with Gasteiger partial charge in [0.2, 0.25) is 0 Å². The van der Waals surface area contributed by atoms with Gasteiger partial charge in [-0.05, 0) is 0 Å². The number of hydrogen-bond acceptors (Lipinski definition) is 2. The molecule has 1 rings (SSSR count). The molecule has 0 radical (unpaired) electrons. The molecule has 0 amide bonds. The summed E-state index contributed by atoms with van der Waals surface area (Å²) in [6, 6.07) is 0. The zero-order chi connectivity index (χ0) is 27.8. The number of rotatable bonds is 26. The van der Waals surface area contributed by atoms with Gasteiger partial charge in [0.25, 0.3) is 0 Å². The van der Waals surface area contributed by atoms with Crippen molar-refractivity contribution in [2.75, 3.05) is 13.2 Å². The van der Waals surface area contributed by atoms with Gasteiger partial charge in [0.15, 0.2) is 0 Å². The van der Waals surface area contributed by atoms with Crippen LogP contribution in [0.25, 0.3) is 0 Å². The normalized spacial score (nSPS) is 10.9. The second-order valence-corrected chi connectivity index (χ2v) is 23.5. The fourth-order valence-corrected chi connectivity index (χ4v) is 37.1. The van der Waals surface area contributed by atoms with Crippen molar-refractivity contribution < 1.29 is 56.2 Å². The van der Waals surface area contributed by atoms with E-state index in [0.29, 0.717) is 0 Å². The van der Waals surface area contributed by atoms with Crippen LogP contribution in [0.2, 0.25) is 0 Å². The Morgan fingerprint density at radius 3 is 0.974 bits per heavy atom. The predicted molar refractivity (Wildman–Crippen MR) is 162 cm³/mol. The molecule has 6 heteroatoms. The minimum absolute atomic E-state index is 0.772. The Morgan fingerprint density at radius 2 is 0.711 bits per heavy atom. The first-order valence-corrected chi connectivity index (χ1v) is 35.2. The summed E-state index contributed by atoms with van der Waals surface area (Å²) in [7, 11) is 13.2. The van der Waals surface area contributed by atoms with Crippen molar-refractivity contribution in [1.82, 2.24) is 0 Å². The zero-order valence-corrected chi connectivity index (χ0v) is 38.1. The van der Waals surface area contributed by atoms with Crippen LogP contribution < -0.4 is 15.6 Å². The van der Waals surface area contributed by atoms with Gasteiger partial charge in [0.1, 0.15) is 0 Å². The summed E-state index contributed by atoms with van der Waals surface area (Å²) < 4.78 is 15.7. The second-order valence-electron chi connectivity index (χ2n) is 11.2. The number of hydrogen-bond donors (Lipinski definition) is 0. The molecule has 0 aliphatic carbocycles. The van der Waals surface area contributed by atoms with Crippen LogP contribution in [0, 0.1) is 13.8 Å². The molecule has 0 saturated heterocycles. The third-order valence-electron chi connectivity index (χ3n) is 7.91. The Balaban J connectivity index is 2.49. The van der Waals surface area contributed by atoms with Gasteiger partial charge in [-0.25, -0.2) is 0 Å². The molecule has 1 aromatic carbocycles. The molecule has 0 aliphatic heterocycles. The monoisotopic (exact) mass is 946 g/mol. The minimum Gasteiger partial charge on any atom is -0.0654 e. The summed E-state index contributed by atoms with van der Waals surface area (Å²) in [6.07, 6.45) is 26.8. The van der Waals surface area contributed by atoms with Crippen molar-refractivity contribution >= 4 is 22.6 Å². The summed E-state index contributed by atoms with van der Waals surface area (Å²) in [5.41, 5.74) is 2.49. The summed E-state index contributed by atoms with van der Waals surface area (Å²) in [5, 5.41) is 0. The van der Waals surface area contributed by atoms with Crippen LogP contribution >= 0.6 is 16.5 Å². The molecule has 0 bridgehead atoms. The van der Waals surface area contributed by atoms with Crippen LogP contribution in [-0.4, -0.2) is 13.2 Å². The Bertz CT molecular complexity index is 656. The summed E-state index contributed by atoms with van der Waals surface area (Å²) in [5.74, 6) is 1.95. The SMILES string of the molecule is CCCCCCCCCCCCOc1c(C)[c]([Hg][Cl])[c]([Hg][Cl])c(C)c1OCCCCCCCCCCCC. The van der Waals surface area contributed by atoms with Gasteiger partial charge in [0, 0.05) is 0 Å². The Labute approximate surface area is 268 Å². The quantitative estimate of drug-likeness (QED) is 0.0681. The van der Waals surface area contributed by atoms with Gasteiger partial charge < -0.3 is 0 Å². The van der Waals surface area contributed by atoms with E-state index >= 15 is 0 Å². The summed E-state index contributed by atoms with van der Waals surface area (Å²) >= 11 is -3.23. The second kappa shape index (κ2) is 25.9. The topological polar surface area (TPSA) is 18.5 Å². The van der Waals surface area contributed by atoms with Crippen LogP contribution in [0.3, 0.4) is 0 Å². The van der Waals surface area contributed by atoms with Gasteiger partial charge >= 0.3 is 218 Å².